The number of imidazole rings is 1. The van der Waals surface area contributed by atoms with E-state index in [1.165, 1.54) is 6.33 Å². The number of aromatic nitrogens is 4. The lowest BCUT2D eigenvalue weighted by Gasteiger charge is -2.46. The minimum Gasteiger partial charge on any atom is -0.404 e. The highest BCUT2D eigenvalue weighted by Crippen LogP contribution is 2.46. The minimum atomic E-state index is -2.97. The summed E-state index contributed by atoms with van der Waals surface area (Å²) in [6.07, 6.45) is 0.330. The zero-order valence-electron chi connectivity index (χ0n) is 28.2. The Labute approximate surface area is 282 Å². The summed E-state index contributed by atoms with van der Waals surface area (Å²) in [6.45, 7) is 10.8. The number of ether oxygens (including phenoxy) is 2. The highest BCUT2D eigenvalue weighted by molar-refractivity contribution is 6.99. The molecule has 0 radical (unpaired) electrons. The summed E-state index contributed by atoms with van der Waals surface area (Å²) in [7, 11) is -1.41. The molecule has 5 aromatic rings. The van der Waals surface area contributed by atoms with Gasteiger partial charge in [-0.15, -0.1) is 0 Å². The molecule has 0 aliphatic carbocycles. The Balaban J connectivity index is 1.38. The zero-order valence-corrected chi connectivity index (χ0v) is 29.2. The van der Waals surface area contributed by atoms with Gasteiger partial charge in [-0.1, -0.05) is 113 Å². The molecule has 1 amide bonds. The van der Waals surface area contributed by atoms with E-state index in [2.05, 4.69) is 65.3 Å². The smallest absolute Gasteiger partial charge is 0.261 e. The number of hydrogen-bond donors (Lipinski definition) is 2. The summed E-state index contributed by atoms with van der Waals surface area (Å²) < 4.78 is 22.0. The van der Waals surface area contributed by atoms with E-state index in [0.29, 0.717) is 16.7 Å². The third-order valence-electron chi connectivity index (χ3n) is 9.51. The van der Waals surface area contributed by atoms with Gasteiger partial charge in [0.1, 0.15) is 24.1 Å². The third kappa shape index (κ3) is 5.75. The van der Waals surface area contributed by atoms with Crippen LogP contribution in [0.4, 0.5) is 5.82 Å². The highest BCUT2D eigenvalue weighted by Gasteiger charge is 2.60. The van der Waals surface area contributed by atoms with Gasteiger partial charge in [-0.25, -0.2) is 15.0 Å². The van der Waals surface area contributed by atoms with E-state index >= 15 is 0 Å². The normalized spacial score (nSPS) is 21.5. The van der Waals surface area contributed by atoms with Crippen molar-refractivity contribution in [3.8, 4) is 0 Å². The number of benzene rings is 3. The molecule has 48 heavy (non-hydrogen) atoms. The number of aliphatic hydroxyl groups is 1. The highest BCUT2D eigenvalue weighted by atomic mass is 28.4. The number of nitrogens with zero attached hydrogens (tertiary/aromatic N) is 4. The second kappa shape index (κ2) is 13.3. The average Bonchev–Trinajstić information content (AvgIpc) is 3.65. The maximum absolute atomic E-state index is 13.0. The van der Waals surface area contributed by atoms with Gasteiger partial charge in [-0.05, 0) is 33.5 Å². The molecule has 4 atom stereocenters. The van der Waals surface area contributed by atoms with Crippen molar-refractivity contribution >= 4 is 41.6 Å². The molecule has 1 fully saturated rings. The van der Waals surface area contributed by atoms with Crippen LogP contribution in [-0.2, 0) is 13.9 Å². The molecule has 0 bridgehead atoms. The van der Waals surface area contributed by atoms with Gasteiger partial charge in [0.05, 0.1) is 12.9 Å². The lowest BCUT2D eigenvalue weighted by atomic mass is 9.85. The molecule has 0 spiro atoms. The van der Waals surface area contributed by atoms with Gasteiger partial charge in [0.25, 0.3) is 14.2 Å². The van der Waals surface area contributed by atoms with Gasteiger partial charge in [-0.2, -0.15) is 0 Å². The van der Waals surface area contributed by atoms with E-state index in [4.69, 9.17) is 13.9 Å². The Kier molecular flexibility index (Phi) is 9.34. The van der Waals surface area contributed by atoms with Crippen molar-refractivity contribution in [2.24, 2.45) is 5.92 Å². The van der Waals surface area contributed by atoms with Crippen LogP contribution in [0.1, 0.15) is 51.2 Å². The first-order valence-electron chi connectivity index (χ1n) is 16.2. The number of nitrogens with one attached hydrogen (secondary N) is 1. The molecule has 2 N–H and O–H groups in total. The molecule has 6 rings (SSSR count). The van der Waals surface area contributed by atoms with Gasteiger partial charge in [0.2, 0.25) is 0 Å². The van der Waals surface area contributed by atoms with Crippen molar-refractivity contribution in [2.75, 3.05) is 19.0 Å². The van der Waals surface area contributed by atoms with Crippen LogP contribution in [0, 0.1) is 5.92 Å². The monoisotopic (exact) mass is 665 g/mol. The quantitative estimate of drug-likeness (QED) is 0.201. The topological polar surface area (TPSA) is 121 Å². The molecule has 1 aliphatic rings. The van der Waals surface area contributed by atoms with Gasteiger partial charge in [0, 0.05) is 12.7 Å². The molecule has 2 aromatic heterocycles. The number of hydrogen-bond acceptors (Lipinski definition) is 8. The number of anilines is 1. The van der Waals surface area contributed by atoms with Crippen LogP contribution in [0.2, 0.25) is 5.04 Å². The molecule has 0 saturated carbocycles. The van der Waals surface area contributed by atoms with Crippen molar-refractivity contribution in [3.63, 3.8) is 0 Å². The van der Waals surface area contributed by atoms with Crippen LogP contribution >= 0.6 is 0 Å². The number of carbonyl (C=O) groups is 1. The first-order valence-corrected chi connectivity index (χ1v) is 18.1. The van der Waals surface area contributed by atoms with E-state index < -0.39 is 32.4 Å². The molecule has 10 nitrogen and oxygen atoms in total. The summed E-state index contributed by atoms with van der Waals surface area (Å²) in [6, 6.07) is 29.7. The Morgan fingerprint density at radius 1 is 0.958 bits per heavy atom. The Morgan fingerprint density at radius 3 is 2.08 bits per heavy atom. The van der Waals surface area contributed by atoms with Crippen molar-refractivity contribution in [3.05, 3.63) is 109 Å². The van der Waals surface area contributed by atoms with Crippen LogP contribution in [0.25, 0.3) is 11.2 Å². The lowest BCUT2D eigenvalue weighted by molar-refractivity contribution is -0.148. The number of methoxy groups -OCH3 is 1. The third-order valence-corrected chi connectivity index (χ3v) is 14.5. The molecule has 3 heterocycles. The Bertz CT molecular complexity index is 1810. The van der Waals surface area contributed by atoms with Crippen LogP contribution in [-0.4, -0.2) is 70.4 Å². The largest absolute Gasteiger partial charge is 0.404 e. The summed E-state index contributed by atoms with van der Waals surface area (Å²) in [5.41, 5.74) is 0.167. The van der Waals surface area contributed by atoms with Gasteiger partial charge in [0.15, 0.2) is 23.2 Å². The van der Waals surface area contributed by atoms with Crippen LogP contribution in [0.3, 0.4) is 0 Å². The van der Waals surface area contributed by atoms with Crippen molar-refractivity contribution in [1.82, 2.24) is 19.5 Å². The summed E-state index contributed by atoms with van der Waals surface area (Å²) >= 11 is 0. The molecule has 11 heteroatoms. The van der Waals surface area contributed by atoms with Crippen molar-refractivity contribution in [2.45, 2.75) is 63.7 Å². The fourth-order valence-corrected chi connectivity index (χ4v) is 11.5. The molecule has 3 aromatic carbocycles. The number of fused-ring (bicyclic) bond motifs is 1. The van der Waals surface area contributed by atoms with Crippen molar-refractivity contribution < 1.29 is 23.8 Å². The van der Waals surface area contributed by atoms with Crippen LogP contribution in [0.15, 0.2) is 104 Å². The first kappa shape index (κ1) is 33.6. The maximum atomic E-state index is 13.0. The SMILES string of the molecule is CO[C@H]1C(n2cnc3c(NC(=O)c4ccccc4)ncnc32)O[C@@](CO[Si](c2ccccc2)(c2ccccc2)C(C)(C)C)(C(C)C)[C@H]1O. The van der Waals surface area contributed by atoms with E-state index in [9.17, 15) is 9.90 Å². The average molecular weight is 666 g/mol. The fraction of sp³-hybridized carbons (Fsp3) is 0.351. The van der Waals surface area contributed by atoms with Crippen LogP contribution in [0.5, 0.6) is 0 Å². The number of carbonyl (C=O) groups excluding carboxylic acids is 1. The van der Waals surface area contributed by atoms with Crippen LogP contribution < -0.4 is 15.7 Å². The number of amides is 1. The van der Waals surface area contributed by atoms with E-state index in [1.807, 2.05) is 56.3 Å². The van der Waals surface area contributed by atoms with Gasteiger partial charge in [-0.3, -0.25) is 9.36 Å². The van der Waals surface area contributed by atoms with E-state index in [1.54, 1.807) is 42.3 Å². The molecule has 250 valence electrons. The molecular weight excluding hydrogens is 623 g/mol. The van der Waals surface area contributed by atoms with Gasteiger partial charge < -0.3 is 24.3 Å². The summed E-state index contributed by atoms with van der Waals surface area (Å²) in [5, 5.41) is 17.0. The summed E-state index contributed by atoms with van der Waals surface area (Å²) in [4.78, 5) is 26.3. The standard InChI is InChI=1S/C37H43N5O5Si/c1-25(2)37(22-46-48(36(3,4)5,27-18-12-8-13-19-27)28-20-14-9-15-21-28)31(43)30(45-6)35(47-37)42-24-40-29-32(38-23-39-33(29)42)41-34(44)26-16-10-7-11-17-26/h7-21,23-25,30-31,35,43H,22H2,1-6H3,(H,38,39,41,44)/t30-,31+,35?,37+/m1/s1. The number of aliphatic hydroxyl groups excluding tert-OH is 1. The predicted molar refractivity (Wildman–Crippen MR) is 188 cm³/mol. The second-order valence-corrected chi connectivity index (χ2v) is 17.9. The maximum Gasteiger partial charge on any atom is 0.261 e. The minimum absolute atomic E-state index is 0.121. The Morgan fingerprint density at radius 2 is 1.54 bits per heavy atom. The lowest BCUT2D eigenvalue weighted by Crippen LogP contribution is -2.68. The van der Waals surface area contributed by atoms with Gasteiger partial charge >= 0.3 is 0 Å². The zero-order chi connectivity index (χ0) is 34.1. The first-order chi connectivity index (χ1) is 23.0. The molecule has 1 unspecified atom stereocenters. The fourth-order valence-electron chi connectivity index (χ4n) is 6.90. The molecule has 1 saturated heterocycles. The summed E-state index contributed by atoms with van der Waals surface area (Å²) in [5.74, 6) is -0.212. The molecule has 1 aliphatic heterocycles. The molecular formula is C37H43N5O5Si. The van der Waals surface area contributed by atoms with E-state index in [-0.39, 0.29) is 29.3 Å². The Hall–Kier alpha value is -4.26. The van der Waals surface area contributed by atoms with Crippen molar-refractivity contribution in [1.29, 1.82) is 0 Å². The number of rotatable bonds is 10. The van der Waals surface area contributed by atoms with E-state index in [0.717, 1.165) is 10.4 Å². The predicted octanol–water partition coefficient (Wildman–Crippen LogP) is 4.95. The second-order valence-electron chi connectivity index (χ2n) is 13.6.